The van der Waals surface area contributed by atoms with Crippen LogP contribution in [0.5, 0.6) is 5.75 Å². The first-order valence-corrected chi connectivity index (χ1v) is 10.8. The van der Waals surface area contributed by atoms with E-state index in [1.165, 1.54) is 11.3 Å². The van der Waals surface area contributed by atoms with Crippen molar-refractivity contribution < 1.29 is 14.6 Å². The number of carboxylic acids is 1. The molecule has 8 heteroatoms. The first-order valence-electron chi connectivity index (χ1n) is 10.0. The average molecular weight is 435 g/mol. The van der Waals surface area contributed by atoms with Crippen molar-refractivity contribution in [2.24, 2.45) is 5.92 Å². The molecule has 0 spiro atoms. The van der Waals surface area contributed by atoms with Gasteiger partial charge in [0.25, 0.3) is 0 Å². The molecule has 1 N–H and O–H groups in total. The molecule has 0 aliphatic carbocycles. The highest BCUT2D eigenvalue weighted by atomic mass is 32.1. The number of thiazole rings is 1. The molecule has 158 valence electrons. The van der Waals surface area contributed by atoms with Crippen LogP contribution >= 0.6 is 11.3 Å². The van der Waals surface area contributed by atoms with Gasteiger partial charge in [-0.2, -0.15) is 5.26 Å². The Morgan fingerprint density at radius 1 is 1.29 bits per heavy atom. The number of benzene rings is 1. The maximum absolute atomic E-state index is 10.9. The molecule has 0 amide bonds. The third-order valence-corrected chi connectivity index (χ3v) is 6.09. The third-order valence-electron chi connectivity index (χ3n) is 5.02. The first-order chi connectivity index (χ1) is 14.9. The van der Waals surface area contributed by atoms with Crippen LogP contribution in [0.1, 0.15) is 25.0 Å². The molecule has 4 rings (SSSR count). The Morgan fingerprint density at radius 2 is 2.03 bits per heavy atom. The molecule has 31 heavy (non-hydrogen) atoms. The average Bonchev–Trinajstić information content (AvgIpc) is 3.20. The van der Waals surface area contributed by atoms with Gasteiger partial charge in [-0.25, -0.2) is 4.98 Å². The predicted molar refractivity (Wildman–Crippen MR) is 118 cm³/mol. The fourth-order valence-corrected chi connectivity index (χ4v) is 4.29. The maximum Gasteiger partial charge on any atom is 0.309 e. The van der Waals surface area contributed by atoms with E-state index in [9.17, 15) is 10.1 Å². The zero-order valence-corrected chi connectivity index (χ0v) is 18.1. The Balaban J connectivity index is 1.45. The highest BCUT2D eigenvalue weighted by molar-refractivity contribution is 7.18. The normalized spacial score (nSPS) is 14.3. The summed E-state index contributed by atoms with van der Waals surface area (Å²) in [5, 5.41) is 19.3. The highest BCUT2D eigenvalue weighted by Crippen LogP contribution is 2.33. The lowest BCUT2D eigenvalue weighted by atomic mass is 9.99. The molecule has 2 aromatic heterocycles. The number of carbonyl (C=O) groups is 1. The van der Waals surface area contributed by atoms with Crippen molar-refractivity contribution >= 4 is 17.3 Å². The van der Waals surface area contributed by atoms with Crippen molar-refractivity contribution in [1.82, 2.24) is 14.9 Å². The van der Waals surface area contributed by atoms with Gasteiger partial charge in [-0.3, -0.25) is 14.7 Å². The van der Waals surface area contributed by atoms with E-state index in [1.54, 1.807) is 18.5 Å². The summed E-state index contributed by atoms with van der Waals surface area (Å²) < 4.78 is 5.64. The Labute approximate surface area is 184 Å². The van der Waals surface area contributed by atoms with E-state index in [1.807, 2.05) is 26.0 Å². The number of likely N-dealkylation sites (tertiary alicyclic amines) is 1. The maximum atomic E-state index is 10.9. The summed E-state index contributed by atoms with van der Waals surface area (Å²) in [4.78, 5) is 22.9. The van der Waals surface area contributed by atoms with Crippen LogP contribution in [0.4, 0.5) is 0 Å². The minimum atomic E-state index is -0.718. The molecule has 1 aromatic carbocycles. The number of nitriles is 1. The Hall–Kier alpha value is -3.28. The minimum Gasteiger partial charge on any atom is -0.488 e. The van der Waals surface area contributed by atoms with Crippen LogP contribution in [-0.4, -0.2) is 45.1 Å². The molecule has 0 saturated carbocycles. The number of hydrogen-bond acceptors (Lipinski definition) is 7. The monoisotopic (exact) mass is 434 g/mol. The number of hydrogen-bond donors (Lipinski definition) is 1. The predicted octanol–water partition coefficient (Wildman–Crippen LogP) is 4.05. The second-order valence-corrected chi connectivity index (χ2v) is 8.83. The van der Waals surface area contributed by atoms with Crippen LogP contribution in [0.3, 0.4) is 0 Å². The van der Waals surface area contributed by atoms with Crippen molar-refractivity contribution in [3.8, 4) is 33.0 Å². The molecule has 7 nitrogen and oxygen atoms in total. The van der Waals surface area contributed by atoms with E-state index in [4.69, 9.17) is 9.84 Å². The molecule has 1 fully saturated rings. The highest BCUT2D eigenvalue weighted by Gasteiger charge is 2.32. The summed E-state index contributed by atoms with van der Waals surface area (Å²) in [5.74, 6) is -0.475. The topological polar surface area (TPSA) is 99.3 Å². The van der Waals surface area contributed by atoms with Gasteiger partial charge < -0.3 is 9.84 Å². The van der Waals surface area contributed by atoms with Crippen LogP contribution in [0, 0.1) is 17.2 Å². The SMILES string of the molecule is CC(C)Oc1cnc(-c2cnc(-c3ccc(CN4CC(C(=O)O)C4)cc3)s2)cc1C#N. The lowest BCUT2D eigenvalue weighted by molar-refractivity contribution is -0.147. The number of rotatable bonds is 7. The van der Waals surface area contributed by atoms with Crippen molar-refractivity contribution in [1.29, 1.82) is 5.26 Å². The molecule has 3 heterocycles. The van der Waals surface area contributed by atoms with Crippen LogP contribution in [0.2, 0.25) is 0 Å². The van der Waals surface area contributed by atoms with Crippen LogP contribution in [0.15, 0.2) is 42.7 Å². The van der Waals surface area contributed by atoms with E-state index < -0.39 is 5.97 Å². The fourth-order valence-electron chi connectivity index (χ4n) is 3.40. The lowest BCUT2D eigenvalue weighted by Gasteiger charge is -2.36. The smallest absolute Gasteiger partial charge is 0.309 e. The quantitative estimate of drug-likeness (QED) is 0.599. The first kappa shape index (κ1) is 21.0. The van der Waals surface area contributed by atoms with Gasteiger partial charge >= 0.3 is 5.97 Å². The number of aliphatic carboxylic acids is 1. The fraction of sp³-hybridized carbons (Fsp3) is 0.304. The van der Waals surface area contributed by atoms with E-state index in [2.05, 4.69) is 33.1 Å². The molecular formula is C23H22N4O3S. The largest absolute Gasteiger partial charge is 0.488 e. The third kappa shape index (κ3) is 4.74. The molecule has 1 aliphatic heterocycles. The summed E-state index contributed by atoms with van der Waals surface area (Å²) in [6, 6.07) is 12.1. The molecule has 0 unspecified atom stereocenters. The van der Waals surface area contributed by atoms with Gasteiger partial charge in [-0.1, -0.05) is 24.3 Å². The van der Waals surface area contributed by atoms with Crippen molar-refractivity contribution in [2.75, 3.05) is 13.1 Å². The van der Waals surface area contributed by atoms with Gasteiger partial charge in [-0.15, -0.1) is 11.3 Å². The van der Waals surface area contributed by atoms with Crippen molar-refractivity contribution in [3.05, 3.63) is 53.9 Å². The Morgan fingerprint density at radius 3 is 2.68 bits per heavy atom. The molecule has 1 aliphatic rings. The van der Waals surface area contributed by atoms with Crippen molar-refractivity contribution in [3.63, 3.8) is 0 Å². The molecule has 0 bridgehead atoms. The second-order valence-electron chi connectivity index (χ2n) is 7.80. The molecule has 1 saturated heterocycles. The van der Waals surface area contributed by atoms with Crippen LogP contribution in [-0.2, 0) is 11.3 Å². The zero-order valence-electron chi connectivity index (χ0n) is 17.3. The van der Waals surface area contributed by atoms with E-state index >= 15 is 0 Å². The van der Waals surface area contributed by atoms with Crippen molar-refractivity contribution in [2.45, 2.75) is 26.5 Å². The Kier molecular flexibility index (Phi) is 5.98. The molecule has 0 atom stereocenters. The zero-order chi connectivity index (χ0) is 22.0. The number of pyridine rings is 1. The summed E-state index contributed by atoms with van der Waals surface area (Å²) in [7, 11) is 0. The van der Waals surface area contributed by atoms with E-state index in [0.717, 1.165) is 27.6 Å². The van der Waals surface area contributed by atoms with E-state index in [0.29, 0.717) is 30.1 Å². The molecule has 0 radical (unpaired) electrons. The second kappa shape index (κ2) is 8.84. The molecule has 3 aromatic rings. The van der Waals surface area contributed by atoms with Gasteiger partial charge in [0.05, 0.1) is 34.4 Å². The van der Waals surface area contributed by atoms with Crippen LogP contribution in [0.25, 0.3) is 21.1 Å². The van der Waals surface area contributed by atoms with Gasteiger partial charge in [0, 0.05) is 31.4 Å². The number of carboxylic acid groups (broad SMARTS) is 1. The van der Waals surface area contributed by atoms with E-state index in [-0.39, 0.29) is 12.0 Å². The molecular weight excluding hydrogens is 412 g/mol. The van der Waals surface area contributed by atoms with Gasteiger partial charge in [0.2, 0.25) is 0 Å². The van der Waals surface area contributed by atoms with Crippen LogP contribution < -0.4 is 4.74 Å². The summed E-state index contributed by atoms with van der Waals surface area (Å²) in [6.45, 7) is 5.77. The lowest BCUT2D eigenvalue weighted by Crippen LogP contribution is -2.49. The summed E-state index contributed by atoms with van der Waals surface area (Å²) in [5.41, 5.74) is 3.30. The Bertz CT molecular complexity index is 1130. The number of aromatic nitrogens is 2. The van der Waals surface area contributed by atoms with Gasteiger partial charge in [-0.05, 0) is 25.5 Å². The number of nitrogens with zero attached hydrogens (tertiary/aromatic N) is 4. The standard InChI is InChI=1S/C23H22N4O3S/c1-14(2)30-20-9-25-19(7-17(20)8-24)21-10-26-22(31-21)16-5-3-15(4-6-16)11-27-12-18(13-27)23(28)29/h3-7,9-10,14,18H,11-13H2,1-2H3,(H,28,29). The minimum absolute atomic E-state index is 0.0302. The summed E-state index contributed by atoms with van der Waals surface area (Å²) in [6.07, 6.45) is 3.33. The summed E-state index contributed by atoms with van der Waals surface area (Å²) >= 11 is 1.52. The van der Waals surface area contributed by atoms with Gasteiger partial charge in [0.1, 0.15) is 11.1 Å². The number of ether oxygens (including phenoxy) is 1. The van der Waals surface area contributed by atoms with Gasteiger partial charge in [0.15, 0.2) is 5.75 Å².